The van der Waals surface area contributed by atoms with Gasteiger partial charge in [0.05, 0.1) is 13.2 Å². The summed E-state index contributed by atoms with van der Waals surface area (Å²) in [6, 6.07) is 0.680. The van der Waals surface area contributed by atoms with Gasteiger partial charge in [-0.1, -0.05) is 6.92 Å². The Morgan fingerprint density at radius 2 is 1.86 bits per heavy atom. The lowest BCUT2D eigenvalue weighted by Crippen LogP contribution is -2.47. The van der Waals surface area contributed by atoms with Gasteiger partial charge in [-0.15, -0.1) is 0 Å². The average Bonchev–Trinajstić information content (AvgIpc) is 2.24. The predicted octanol–water partition coefficient (Wildman–Crippen LogP) is 1.67. The smallest absolute Gasteiger partial charge is 0.168 e. The SMILES string of the molecule is CCNC1CCC2(CC1)OCCCO2. The molecule has 0 atom stereocenters. The lowest BCUT2D eigenvalue weighted by molar-refractivity contribution is -0.281. The average molecular weight is 199 g/mol. The molecule has 1 saturated heterocycles. The van der Waals surface area contributed by atoms with E-state index in [-0.39, 0.29) is 5.79 Å². The molecule has 1 heterocycles. The van der Waals surface area contributed by atoms with Gasteiger partial charge >= 0.3 is 0 Å². The number of hydrogen-bond donors (Lipinski definition) is 1. The van der Waals surface area contributed by atoms with Crippen molar-refractivity contribution < 1.29 is 9.47 Å². The molecule has 0 bridgehead atoms. The van der Waals surface area contributed by atoms with Crippen LogP contribution in [-0.4, -0.2) is 31.6 Å². The van der Waals surface area contributed by atoms with Crippen LogP contribution >= 0.6 is 0 Å². The Hall–Kier alpha value is -0.120. The lowest BCUT2D eigenvalue weighted by atomic mass is 9.89. The van der Waals surface area contributed by atoms with Crippen LogP contribution in [0.15, 0.2) is 0 Å². The number of hydrogen-bond acceptors (Lipinski definition) is 3. The maximum Gasteiger partial charge on any atom is 0.168 e. The topological polar surface area (TPSA) is 30.5 Å². The first kappa shape index (κ1) is 10.4. The van der Waals surface area contributed by atoms with Crippen LogP contribution in [-0.2, 0) is 9.47 Å². The summed E-state index contributed by atoms with van der Waals surface area (Å²) >= 11 is 0. The van der Waals surface area contributed by atoms with Gasteiger partial charge in [0.2, 0.25) is 0 Å². The maximum absolute atomic E-state index is 5.78. The van der Waals surface area contributed by atoms with Crippen LogP contribution in [0.4, 0.5) is 0 Å². The first-order valence-electron chi connectivity index (χ1n) is 5.86. The van der Waals surface area contributed by atoms with E-state index < -0.39 is 0 Å². The molecule has 0 aromatic rings. The van der Waals surface area contributed by atoms with Gasteiger partial charge in [-0.25, -0.2) is 0 Å². The van der Waals surface area contributed by atoms with E-state index in [1.807, 2.05) is 0 Å². The van der Waals surface area contributed by atoms with Gasteiger partial charge in [0, 0.05) is 18.9 Å². The van der Waals surface area contributed by atoms with Crippen LogP contribution in [0, 0.1) is 0 Å². The van der Waals surface area contributed by atoms with Crippen molar-refractivity contribution in [2.75, 3.05) is 19.8 Å². The Balaban J connectivity index is 1.81. The largest absolute Gasteiger partial charge is 0.350 e. The van der Waals surface area contributed by atoms with Crippen molar-refractivity contribution in [1.82, 2.24) is 5.32 Å². The molecule has 1 saturated carbocycles. The molecule has 1 spiro atoms. The molecular weight excluding hydrogens is 178 g/mol. The van der Waals surface area contributed by atoms with Crippen LogP contribution in [0.1, 0.15) is 39.0 Å². The zero-order chi connectivity index (χ0) is 9.86. The van der Waals surface area contributed by atoms with Gasteiger partial charge in [-0.05, 0) is 25.8 Å². The minimum absolute atomic E-state index is 0.204. The fourth-order valence-electron chi connectivity index (χ4n) is 2.46. The second-order valence-electron chi connectivity index (χ2n) is 4.29. The summed E-state index contributed by atoms with van der Waals surface area (Å²) < 4.78 is 11.6. The standard InChI is InChI=1S/C11H21NO2/c1-2-12-10-4-6-11(7-5-10)13-8-3-9-14-11/h10,12H,2-9H2,1H3. The maximum atomic E-state index is 5.78. The molecule has 1 aliphatic carbocycles. The van der Waals surface area contributed by atoms with Crippen molar-refractivity contribution in [3.8, 4) is 0 Å². The van der Waals surface area contributed by atoms with Gasteiger partial charge in [0.25, 0.3) is 0 Å². The first-order valence-corrected chi connectivity index (χ1v) is 5.86. The summed E-state index contributed by atoms with van der Waals surface area (Å²) in [5.41, 5.74) is 0. The molecule has 0 radical (unpaired) electrons. The summed E-state index contributed by atoms with van der Waals surface area (Å²) in [7, 11) is 0. The second-order valence-corrected chi connectivity index (χ2v) is 4.29. The second kappa shape index (κ2) is 4.60. The van der Waals surface area contributed by atoms with E-state index in [1.165, 1.54) is 12.8 Å². The molecular formula is C11H21NO2. The Labute approximate surface area is 86.2 Å². The third kappa shape index (κ3) is 2.27. The van der Waals surface area contributed by atoms with E-state index in [1.54, 1.807) is 0 Å². The van der Waals surface area contributed by atoms with Crippen molar-refractivity contribution in [2.24, 2.45) is 0 Å². The highest BCUT2D eigenvalue weighted by Crippen LogP contribution is 2.34. The fourth-order valence-corrected chi connectivity index (χ4v) is 2.46. The Morgan fingerprint density at radius 3 is 2.43 bits per heavy atom. The summed E-state index contributed by atoms with van der Waals surface area (Å²) in [6.07, 6.45) is 5.55. The number of ether oxygens (including phenoxy) is 2. The molecule has 0 aromatic carbocycles. The van der Waals surface area contributed by atoms with E-state index in [9.17, 15) is 0 Å². The predicted molar refractivity (Wildman–Crippen MR) is 55.2 cm³/mol. The molecule has 2 rings (SSSR count). The van der Waals surface area contributed by atoms with Crippen LogP contribution in [0.25, 0.3) is 0 Å². The van der Waals surface area contributed by atoms with Crippen molar-refractivity contribution in [3.05, 3.63) is 0 Å². The molecule has 1 aliphatic heterocycles. The van der Waals surface area contributed by atoms with Gasteiger partial charge in [0.1, 0.15) is 0 Å². The zero-order valence-electron chi connectivity index (χ0n) is 9.05. The minimum Gasteiger partial charge on any atom is -0.350 e. The van der Waals surface area contributed by atoms with Crippen molar-refractivity contribution in [2.45, 2.75) is 50.9 Å². The van der Waals surface area contributed by atoms with Crippen LogP contribution < -0.4 is 5.32 Å². The molecule has 0 amide bonds. The van der Waals surface area contributed by atoms with E-state index in [0.29, 0.717) is 6.04 Å². The van der Waals surface area contributed by atoms with Gasteiger partial charge in [-0.3, -0.25) is 0 Å². The summed E-state index contributed by atoms with van der Waals surface area (Å²) in [5.74, 6) is -0.204. The zero-order valence-corrected chi connectivity index (χ0v) is 9.05. The normalized spacial score (nSPS) is 28.1. The quantitative estimate of drug-likeness (QED) is 0.734. The van der Waals surface area contributed by atoms with Gasteiger partial charge in [0.15, 0.2) is 5.79 Å². The third-order valence-corrected chi connectivity index (χ3v) is 3.26. The number of rotatable bonds is 2. The molecule has 1 N–H and O–H groups in total. The van der Waals surface area contributed by atoms with Crippen LogP contribution in [0.5, 0.6) is 0 Å². The van der Waals surface area contributed by atoms with E-state index in [2.05, 4.69) is 12.2 Å². The minimum atomic E-state index is -0.204. The van der Waals surface area contributed by atoms with Gasteiger partial charge in [-0.2, -0.15) is 0 Å². The molecule has 2 aliphatic rings. The van der Waals surface area contributed by atoms with Crippen molar-refractivity contribution in [3.63, 3.8) is 0 Å². The first-order chi connectivity index (χ1) is 6.85. The Morgan fingerprint density at radius 1 is 1.21 bits per heavy atom. The van der Waals surface area contributed by atoms with Crippen molar-refractivity contribution >= 4 is 0 Å². The van der Waals surface area contributed by atoms with Gasteiger partial charge < -0.3 is 14.8 Å². The highest BCUT2D eigenvalue weighted by atomic mass is 16.7. The third-order valence-electron chi connectivity index (χ3n) is 3.26. The molecule has 2 fully saturated rings. The monoisotopic (exact) mass is 199 g/mol. The van der Waals surface area contributed by atoms with E-state index >= 15 is 0 Å². The fraction of sp³-hybridized carbons (Fsp3) is 1.00. The van der Waals surface area contributed by atoms with E-state index in [0.717, 1.165) is 39.0 Å². The highest BCUT2D eigenvalue weighted by molar-refractivity contribution is 4.84. The molecule has 14 heavy (non-hydrogen) atoms. The lowest BCUT2D eigenvalue weighted by Gasteiger charge is -2.42. The van der Waals surface area contributed by atoms with Crippen molar-refractivity contribution in [1.29, 1.82) is 0 Å². The molecule has 0 unspecified atom stereocenters. The molecule has 3 nitrogen and oxygen atoms in total. The molecule has 3 heteroatoms. The Kier molecular flexibility index (Phi) is 3.42. The van der Waals surface area contributed by atoms with Crippen LogP contribution in [0.3, 0.4) is 0 Å². The summed E-state index contributed by atoms with van der Waals surface area (Å²) in [6.45, 7) is 5.00. The number of nitrogens with one attached hydrogen (secondary N) is 1. The summed E-state index contributed by atoms with van der Waals surface area (Å²) in [5, 5.41) is 3.50. The molecule has 82 valence electrons. The van der Waals surface area contributed by atoms with Crippen LogP contribution in [0.2, 0.25) is 0 Å². The Bertz CT molecular complexity index is 168. The molecule has 0 aromatic heterocycles. The summed E-state index contributed by atoms with van der Waals surface area (Å²) in [4.78, 5) is 0. The highest BCUT2D eigenvalue weighted by Gasteiger charge is 2.38. The van der Waals surface area contributed by atoms with E-state index in [4.69, 9.17) is 9.47 Å².